The maximum absolute atomic E-state index is 12.7. The van der Waals surface area contributed by atoms with Crippen molar-refractivity contribution < 1.29 is 13.9 Å². The summed E-state index contributed by atoms with van der Waals surface area (Å²) in [6.45, 7) is 2.27. The number of nitrogens with one attached hydrogen (secondary N) is 1. The summed E-state index contributed by atoms with van der Waals surface area (Å²) in [5.41, 5.74) is -0.0372. The molecule has 0 radical (unpaired) electrons. The molecule has 0 aliphatic rings. The summed E-state index contributed by atoms with van der Waals surface area (Å²) < 4.78 is 11.0. The third-order valence-electron chi connectivity index (χ3n) is 3.74. The number of H-pyrrole nitrogens is 1. The van der Waals surface area contributed by atoms with Gasteiger partial charge in [-0.05, 0) is 31.2 Å². The van der Waals surface area contributed by atoms with E-state index in [-0.39, 0.29) is 22.6 Å². The van der Waals surface area contributed by atoms with E-state index in [0.29, 0.717) is 29.7 Å². The van der Waals surface area contributed by atoms with E-state index >= 15 is 0 Å². The Kier molecular flexibility index (Phi) is 4.76. The number of aryl methyl sites for hydroxylation is 1. The predicted molar refractivity (Wildman–Crippen MR) is 93.3 cm³/mol. The number of aromatic nitrogens is 2. The summed E-state index contributed by atoms with van der Waals surface area (Å²) in [4.78, 5) is 32.6. The molecule has 8 heteroatoms. The molecule has 1 aromatic carbocycles. The number of fused-ring (bicyclic) bond motifs is 1. The van der Waals surface area contributed by atoms with Gasteiger partial charge >= 0.3 is 0 Å². The molecule has 0 aliphatic heterocycles. The first kappa shape index (κ1) is 17.0. The van der Waals surface area contributed by atoms with Crippen molar-refractivity contribution in [1.29, 1.82) is 0 Å². The Labute approximate surface area is 148 Å². The van der Waals surface area contributed by atoms with Crippen LogP contribution in [0.3, 0.4) is 0 Å². The minimum Gasteiger partial charge on any atom is -0.492 e. The Morgan fingerprint density at radius 3 is 2.80 bits per heavy atom. The van der Waals surface area contributed by atoms with Crippen LogP contribution in [0, 0.1) is 6.92 Å². The molecule has 0 saturated carbocycles. The largest absolute Gasteiger partial charge is 0.492 e. The average Bonchev–Trinajstić information content (AvgIpc) is 2.93. The van der Waals surface area contributed by atoms with Crippen LogP contribution in [-0.4, -0.2) is 41.0 Å². The summed E-state index contributed by atoms with van der Waals surface area (Å²) in [7, 11) is 1.64. The van der Waals surface area contributed by atoms with Gasteiger partial charge in [0.2, 0.25) is 5.71 Å². The molecule has 0 saturated heterocycles. The number of ether oxygens (including phenoxy) is 1. The second-order valence-electron chi connectivity index (χ2n) is 5.47. The summed E-state index contributed by atoms with van der Waals surface area (Å²) in [5.74, 6) is 0.694. The van der Waals surface area contributed by atoms with Crippen LogP contribution in [0.2, 0.25) is 5.02 Å². The summed E-state index contributed by atoms with van der Waals surface area (Å²) in [5, 5.41) is 0.788. The van der Waals surface area contributed by atoms with Crippen LogP contribution < -0.4 is 10.3 Å². The molecule has 3 aromatic rings. The van der Waals surface area contributed by atoms with Crippen LogP contribution in [0.4, 0.5) is 0 Å². The zero-order valence-corrected chi connectivity index (χ0v) is 14.5. The minimum absolute atomic E-state index is 0.149. The van der Waals surface area contributed by atoms with Gasteiger partial charge in [0.05, 0.1) is 18.4 Å². The second kappa shape index (κ2) is 6.98. The molecule has 0 unspecified atom stereocenters. The third kappa shape index (κ3) is 3.51. The normalized spacial score (nSPS) is 10.8. The topological polar surface area (TPSA) is 88.4 Å². The Morgan fingerprint density at radius 1 is 1.36 bits per heavy atom. The van der Waals surface area contributed by atoms with E-state index in [0.717, 1.165) is 0 Å². The highest BCUT2D eigenvalue weighted by molar-refractivity contribution is 6.30. The van der Waals surface area contributed by atoms with Gasteiger partial charge in [0, 0.05) is 12.1 Å². The number of amides is 1. The van der Waals surface area contributed by atoms with Crippen LogP contribution in [0.15, 0.2) is 39.8 Å². The fraction of sp³-hybridized carbons (Fsp3) is 0.235. The lowest BCUT2D eigenvalue weighted by atomic mass is 10.1. The van der Waals surface area contributed by atoms with Gasteiger partial charge < -0.3 is 19.0 Å². The number of rotatable bonds is 5. The smallest absolute Gasteiger partial charge is 0.262 e. The second-order valence-corrected chi connectivity index (χ2v) is 5.91. The molecular weight excluding hydrogens is 346 g/mol. The molecule has 130 valence electrons. The molecule has 1 amide bonds. The van der Waals surface area contributed by atoms with Gasteiger partial charge in [-0.25, -0.2) is 4.98 Å². The average molecular weight is 362 g/mol. The van der Waals surface area contributed by atoms with Crippen molar-refractivity contribution in [3.63, 3.8) is 0 Å². The van der Waals surface area contributed by atoms with Crippen LogP contribution in [0.5, 0.6) is 5.75 Å². The van der Waals surface area contributed by atoms with Gasteiger partial charge in [0.1, 0.15) is 23.5 Å². The summed E-state index contributed by atoms with van der Waals surface area (Å²) >= 11 is 5.82. The molecule has 2 heterocycles. The quantitative estimate of drug-likeness (QED) is 0.754. The number of furan rings is 1. The number of carbonyl (C=O) groups is 1. The number of benzene rings is 1. The van der Waals surface area contributed by atoms with Crippen molar-refractivity contribution in [3.05, 3.63) is 57.3 Å². The molecule has 0 aliphatic carbocycles. The minimum atomic E-state index is -0.406. The van der Waals surface area contributed by atoms with E-state index in [9.17, 15) is 9.59 Å². The van der Waals surface area contributed by atoms with Gasteiger partial charge in [0.25, 0.3) is 11.5 Å². The standard InChI is InChI=1S/C17H16ClN3O4/c1-10-13(14-15(22)19-9-20-16(14)25-10)17(23)21(2)7-8-24-12-5-3-11(18)4-6-12/h3-6,9H,7-8H2,1-2H3,(H,19,20,22). The van der Waals surface area contributed by atoms with Crippen LogP contribution in [0.1, 0.15) is 16.1 Å². The highest BCUT2D eigenvalue weighted by atomic mass is 35.5. The Bertz CT molecular complexity index is 962. The van der Waals surface area contributed by atoms with E-state index in [1.54, 1.807) is 38.2 Å². The molecule has 0 bridgehead atoms. The number of hydrogen-bond donors (Lipinski definition) is 1. The van der Waals surface area contributed by atoms with E-state index in [1.165, 1.54) is 11.2 Å². The first-order valence-electron chi connectivity index (χ1n) is 7.58. The number of aromatic amines is 1. The monoisotopic (exact) mass is 361 g/mol. The fourth-order valence-corrected chi connectivity index (χ4v) is 2.56. The maximum Gasteiger partial charge on any atom is 0.262 e. The third-order valence-corrected chi connectivity index (χ3v) is 3.99. The van der Waals surface area contributed by atoms with Crippen molar-refractivity contribution in [2.45, 2.75) is 6.92 Å². The zero-order chi connectivity index (χ0) is 18.0. The lowest BCUT2D eigenvalue weighted by molar-refractivity contribution is 0.0773. The molecule has 0 spiro atoms. The molecule has 2 aromatic heterocycles. The first-order chi connectivity index (χ1) is 12.0. The van der Waals surface area contributed by atoms with E-state index in [4.69, 9.17) is 20.8 Å². The number of halogens is 1. The fourth-order valence-electron chi connectivity index (χ4n) is 2.43. The van der Waals surface area contributed by atoms with E-state index in [1.807, 2.05) is 0 Å². The molecule has 25 heavy (non-hydrogen) atoms. The number of nitrogens with zero attached hydrogens (tertiary/aromatic N) is 2. The van der Waals surface area contributed by atoms with E-state index < -0.39 is 5.56 Å². The highest BCUT2D eigenvalue weighted by Crippen LogP contribution is 2.22. The summed E-state index contributed by atoms with van der Waals surface area (Å²) in [6.07, 6.45) is 1.24. The van der Waals surface area contributed by atoms with Gasteiger partial charge in [0.15, 0.2) is 0 Å². The van der Waals surface area contributed by atoms with Crippen molar-refractivity contribution in [2.75, 3.05) is 20.2 Å². The van der Waals surface area contributed by atoms with Crippen molar-refractivity contribution >= 4 is 28.6 Å². The summed E-state index contributed by atoms with van der Waals surface area (Å²) in [6, 6.07) is 6.96. The molecular formula is C17H16ClN3O4. The van der Waals surface area contributed by atoms with Crippen LogP contribution in [0.25, 0.3) is 11.1 Å². The SMILES string of the molecule is Cc1oc2nc[nH]c(=O)c2c1C(=O)N(C)CCOc1ccc(Cl)cc1. The maximum atomic E-state index is 12.7. The number of likely N-dealkylation sites (N-methyl/N-ethyl adjacent to an activating group) is 1. The highest BCUT2D eigenvalue weighted by Gasteiger charge is 2.24. The number of hydrogen-bond acceptors (Lipinski definition) is 5. The molecule has 0 fully saturated rings. The van der Waals surface area contributed by atoms with Gasteiger partial charge in [-0.1, -0.05) is 11.6 Å². The Morgan fingerprint density at radius 2 is 2.08 bits per heavy atom. The first-order valence-corrected chi connectivity index (χ1v) is 7.96. The molecule has 1 N–H and O–H groups in total. The van der Waals surface area contributed by atoms with Crippen molar-refractivity contribution in [2.24, 2.45) is 0 Å². The Balaban J connectivity index is 1.71. The zero-order valence-electron chi connectivity index (χ0n) is 13.7. The predicted octanol–water partition coefficient (Wildman–Crippen LogP) is 2.63. The van der Waals surface area contributed by atoms with Crippen molar-refractivity contribution in [3.8, 4) is 5.75 Å². The van der Waals surface area contributed by atoms with Crippen LogP contribution >= 0.6 is 11.6 Å². The molecule has 7 nitrogen and oxygen atoms in total. The lowest BCUT2D eigenvalue weighted by Crippen LogP contribution is -2.31. The van der Waals surface area contributed by atoms with Gasteiger partial charge in [-0.2, -0.15) is 0 Å². The molecule has 3 rings (SSSR count). The van der Waals surface area contributed by atoms with Crippen molar-refractivity contribution in [1.82, 2.24) is 14.9 Å². The number of carbonyl (C=O) groups excluding carboxylic acids is 1. The van der Waals surface area contributed by atoms with Crippen LogP contribution in [-0.2, 0) is 0 Å². The van der Waals surface area contributed by atoms with Gasteiger partial charge in [-0.3, -0.25) is 9.59 Å². The van der Waals surface area contributed by atoms with E-state index in [2.05, 4.69) is 9.97 Å². The Hall–Kier alpha value is -2.80. The molecule has 0 atom stereocenters. The lowest BCUT2D eigenvalue weighted by Gasteiger charge is -2.17. The van der Waals surface area contributed by atoms with Gasteiger partial charge in [-0.15, -0.1) is 0 Å².